The minimum absolute atomic E-state index is 0.0958. The molecule has 18 heavy (non-hydrogen) atoms. The Hall–Kier alpha value is -0.570. The van der Waals surface area contributed by atoms with E-state index in [0.29, 0.717) is 16.7 Å². The molecule has 0 bridgehead atoms. The molecule has 0 aromatic heterocycles. The zero-order valence-corrected chi connectivity index (χ0v) is 12.9. The Morgan fingerprint density at radius 1 is 1.39 bits per heavy atom. The number of alkyl halides is 1. The third-order valence-electron chi connectivity index (χ3n) is 3.94. The van der Waals surface area contributed by atoms with Crippen LogP contribution >= 0.6 is 15.9 Å². The van der Waals surface area contributed by atoms with Crippen molar-refractivity contribution in [1.82, 2.24) is 0 Å². The molecule has 0 N–H and O–H groups in total. The maximum Gasteiger partial charge on any atom is 0.146 e. The maximum atomic E-state index is 14.1. The normalized spacial score (nSPS) is 20.5. The van der Waals surface area contributed by atoms with Crippen molar-refractivity contribution in [2.45, 2.75) is 32.5 Å². The Balaban J connectivity index is 2.24. The van der Waals surface area contributed by atoms with Crippen LogP contribution in [0.1, 0.15) is 32.8 Å². The molecule has 0 amide bonds. The van der Waals surface area contributed by atoms with E-state index in [1.165, 1.54) is 0 Å². The van der Waals surface area contributed by atoms with E-state index in [-0.39, 0.29) is 5.82 Å². The summed E-state index contributed by atoms with van der Waals surface area (Å²) >= 11 is 3.45. The van der Waals surface area contributed by atoms with Crippen molar-refractivity contribution in [1.29, 1.82) is 0 Å². The van der Waals surface area contributed by atoms with Gasteiger partial charge in [0.2, 0.25) is 0 Å². The third-order valence-corrected chi connectivity index (χ3v) is 4.55. The minimum atomic E-state index is -0.0958. The van der Waals surface area contributed by atoms with Crippen molar-refractivity contribution in [3.05, 3.63) is 29.6 Å². The Morgan fingerprint density at radius 3 is 2.67 bits per heavy atom. The van der Waals surface area contributed by atoms with Gasteiger partial charge in [0.25, 0.3) is 0 Å². The molecule has 100 valence electrons. The number of rotatable bonds is 2. The number of halogens is 2. The molecule has 1 nitrogen and oxygen atoms in total. The van der Waals surface area contributed by atoms with Gasteiger partial charge >= 0.3 is 0 Å². The monoisotopic (exact) mass is 313 g/mol. The number of nitrogens with zero attached hydrogens (tertiary/aromatic N) is 1. The predicted octanol–water partition coefficient (Wildman–Crippen LogP) is 4.59. The van der Waals surface area contributed by atoms with Crippen LogP contribution in [0.15, 0.2) is 18.2 Å². The Labute approximate surface area is 118 Å². The molecule has 0 radical (unpaired) electrons. The van der Waals surface area contributed by atoms with Gasteiger partial charge in [0.1, 0.15) is 5.82 Å². The third kappa shape index (κ3) is 2.71. The lowest BCUT2D eigenvalue weighted by Gasteiger charge is -2.28. The molecule has 1 atom stereocenters. The van der Waals surface area contributed by atoms with Crippen LogP contribution in [0.3, 0.4) is 0 Å². The summed E-state index contributed by atoms with van der Waals surface area (Å²) < 4.78 is 14.1. The zero-order chi connectivity index (χ0) is 13.3. The fraction of sp³-hybridized carbons (Fsp3) is 0.600. The number of hydrogen-bond donors (Lipinski definition) is 0. The van der Waals surface area contributed by atoms with E-state index in [9.17, 15) is 4.39 Å². The fourth-order valence-electron chi connectivity index (χ4n) is 2.69. The van der Waals surface area contributed by atoms with Gasteiger partial charge in [0, 0.05) is 18.4 Å². The summed E-state index contributed by atoms with van der Waals surface area (Å²) in [6.45, 7) is 8.74. The average Bonchev–Trinajstić information content (AvgIpc) is 2.77. The molecular formula is C15H21BrFN. The second-order valence-electron chi connectivity index (χ2n) is 6.18. The van der Waals surface area contributed by atoms with Crippen molar-refractivity contribution < 1.29 is 4.39 Å². The summed E-state index contributed by atoms with van der Waals surface area (Å²) in [5.74, 6) is 0.543. The first kappa shape index (κ1) is 13.9. The van der Waals surface area contributed by atoms with Crippen molar-refractivity contribution in [3.8, 4) is 0 Å². The van der Waals surface area contributed by atoms with Crippen molar-refractivity contribution in [2.24, 2.45) is 11.3 Å². The first-order valence-corrected chi connectivity index (χ1v) is 7.64. The molecule has 1 unspecified atom stereocenters. The molecule has 1 aliphatic heterocycles. The van der Waals surface area contributed by atoms with Gasteiger partial charge in [0.15, 0.2) is 0 Å². The molecule has 2 rings (SSSR count). The van der Waals surface area contributed by atoms with Crippen LogP contribution in [0, 0.1) is 17.2 Å². The summed E-state index contributed by atoms with van der Waals surface area (Å²) in [5.41, 5.74) is 2.14. The number of anilines is 1. The molecule has 0 spiro atoms. The topological polar surface area (TPSA) is 3.24 Å². The summed E-state index contributed by atoms with van der Waals surface area (Å²) in [7, 11) is 0. The molecule has 0 saturated carbocycles. The SMILES string of the molecule is CC(C)(C)C1CCN(c2c(F)cccc2CBr)C1. The Kier molecular flexibility index (Phi) is 4.00. The molecule has 1 fully saturated rings. The molecule has 3 heteroatoms. The van der Waals surface area contributed by atoms with Gasteiger partial charge in [-0.2, -0.15) is 0 Å². The number of hydrogen-bond acceptors (Lipinski definition) is 1. The van der Waals surface area contributed by atoms with Gasteiger partial charge in [-0.25, -0.2) is 4.39 Å². The van der Waals surface area contributed by atoms with Gasteiger partial charge < -0.3 is 4.90 Å². The molecule has 1 aromatic rings. The zero-order valence-electron chi connectivity index (χ0n) is 11.3. The van der Waals surface area contributed by atoms with Gasteiger partial charge in [-0.15, -0.1) is 0 Å². The van der Waals surface area contributed by atoms with E-state index in [1.54, 1.807) is 12.1 Å². The second-order valence-corrected chi connectivity index (χ2v) is 6.74. The van der Waals surface area contributed by atoms with Crippen LogP contribution in [0.2, 0.25) is 0 Å². The standard InChI is InChI=1S/C15H21BrFN/c1-15(2,3)12-7-8-18(10-12)14-11(9-16)5-4-6-13(14)17/h4-6,12H,7-10H2,1-3H3. The highest BCUT2D eigenvalue weighted by Crippen LogP contribution is 2.37. The molecular weight excluding hydrogens is 293 g/mol. The highest BCUT2D eigenvalue weighted by Gasteiger charge is 2.33. The predicted molar refractivity (Wildman–Crippen MR) is 78.8 cm³/mol. The lowest BCUT2D eigenvalue weighted by atomic mass is 9.80. The van der Waals surface area contributed by atoms with Crippen molar-refractivity contribution in [2.75, 3.05) is 18.0 Å². The molecule has 1 heterocycles. The summed E-state index contributed by atoms with van der Waals surface area (Å²) in [6, 6.07) is 5.34. The highest BCUT2D eigenvalue weighted by molar-refractivity contribution is 9.08. The first-order chi connectivity index (χ1) is 8.43. The van der Waals surface area contributed by atoms with Crippen LogP contribution in [0.4, 0.5) is 10.1 Å². The van der Waals surface area contributed by atoms with Gasteiger partial charge in [-0.3, -0.25) is 0 Å². The summed E-state index contributed by atoms with van der Waals surface area (Å²) in [4.78, 5) is 2.21. The van der Waals surface area contributed by atoms with Crippen LogP contribution in [0.5, 0.6) is 0 Å². The average molecular weight is 314 g/mol. The number of para-hydroxylation sites is 1. The van der Waals surface area contributed by atoms with E-state index < -0.39 is 0 Å². The van der Waals surface area contributed by atoms with Crippen molar-refractivity contribution >= 4 is 21.6 Å². The van der Waals surface area contributed by atoms with Gasteiger partial charge in [0.05, 0.1) is 5.69 Å². The van der Waals surface area contributed by atoms with E-state index in [0.717, 1.165) is 30.8 Å². The molecule has 0 aliphatic carbocycles. The van der Waals surface area contributed by atoms with Gasteiger partial charge in [-0.1, -0.05) is 48.8 Å². The summed E-state index contributed by atoms with van der Waals surface area (Å²) in [6.07, 6.45) is 1.15. The van der Waals surface area contributed by atoms with Crippen LogP contribution < -0.4 is 4.90 Å². The lowest BCUT2D eigenvalue weighted by Crippen LogP contribution is -2.27. The summed E-state index contributed by atoms with van der Waals surface area (Å²) in [5, 5.41) is 0.705. The van der Waals surface area contributed by atoms with E-state index >= 15 is 0 Å². The fourth-order valence-corrected chi connectivity index (χ4v) is 3.14. The largest absolute Gasteiger partial charge is 0.369 e. The van der Waals surface area contributed by atoms with Gasteiger partial charge in [-0.05, 0) is 29.4 Å². The van der Waals surface area contributed by atoms with Crippen molar-refractivity contribution in [3.63, 3.8) is 0 Å². The highest BCUT2D eigenvalue weighted by atomic mass is 79.9. The maximum absolute atomic E-state index is 14.1. The Bertz CT molecular complexity index is 425. The van der Waals surface area contributed by atoms with Crippen LogP contribution in [-0.4, -0.2) is 13.1 Å². The quantitative estimate of drug-likeness (QED) is 0.722. The smallest absolute Gasteiger partial charge is 0.146 e. The first-order valence-electron chi connectivity index (χ1n) is 6.52. The minimum Gasteiger partial charge on any atom is -0.369 e. The number of benzene rings is 1. The Morgan fingerprint density at radius 2 is 2.11 bits per heavy atom. The molecule has 1 aromatic carbocycles. The lowest BCUT2D eigenvalue weighted by molar-refractivity contribution is 0.263. The van der Waals surface area contributed by atoms with E-state index in [4.69, 9.17) is 0 Å². The van der Waals surface area contributed by atoms with Crippen LogP contribution in [-0.2, 0) is 5.33 Å². The van der Waals surface area contributed by atoms with E-state index in [1.807, 2.05) is 6.07 Å². The van der Waals surface area contributed by atoms with E-state index in [2.05, 4.69) is 41.6 Å². The molecule has 1 saturated heterocycles. The second kappa shape index (κ2) is 5.20. The van der Waals surface area contributed by atoms with Crippen LogP contribution in [0.25, 0.3) is 0 Å². The molecule has 1 aliphatic rings.